The van der Waals surface area contributed by atoms with Crippen molar-refractivity contribution in [2.24, 2.45) is 11.8 Å². The van der Waals surface area contributed by atoms with Gasteiger partial charge in [0, 0.05) is 25.2 Å². The van der Waals surface area contributed by atoms with Crippen LogP contribution in [0.4, 0.5) is 0 Å². The summed E-state index contributed by atoms with van der Waals surface area (Å²) in [6.45, 7) is 3.22. The van der Waals surface area contributed by atoms with Crippen LogP contribution in [0.5, 0.6) is 0 Å². The van der Waals surface area contributed by atoms with Crippen molar-refractivity contribution < 1.29 is 13.2 Å². The molecule has 3 aliphatic rings. The summed E-state index contributed by atoms with van der Waals surface area (Å²) in [5, 5.41) is 10.1. The Morgan fingerprint density at radius 2 is 1.79 bits per heavy atom. The van der Waals surface area contributed by atoms with Crippen molar-refractivity contribution in [3.05, 3.63) is 41.7 Å². The number of aromatic amines is 1. The second-order valence-corrected chi connectivity index (χ2v) is 9.78. The summed E-state index contributed by atoms with van der Waals surface area (Å²) < 4.78 is 28.5. The third-order valence-corrected chi connectivity index (χ3v) is 8.61. The molecule has 0 spiro atoms. The molecule has 0 saturated carbocycles. The molecule has 4 heterocycles. The van der Waals surface area contributed by atoms with E-state index in [1.165, 1.54) is 6.20 Å². The van der Waals surface area contributed by atoms with Crippen molar-refractivity contribution in [2.75, 3.05) is 13.1 Å². The van der Waals surface area contributed by atoms with Crippen LogP contribution < -0.4 is 0 Å². The number of sulfonamides is 1. The molecule has 28 heavy (non-hydrogen) atoms. The van der Waals surface area contributed by atoms with Crippen molar-refractivity contribution in [1.29, 1.82) is 0 Å². The van der Waals surface area contributed by atoms with Crippen molar-refractivity contribution in [2.45, 2.75) is 43.2 Å². The average Bonchev–Trinajstić information content (AvgIpc) is 3.48. The number of nitrogens with zero attached hydrogens (tertiary/aromatic N) is 4. The first-order chi connectivity index (χ1) is 13.5. The van der Waals surface area contributed by atoms with Crippen molar-refractivity contribution in [3.8, 4) is 0 Å². The second-order valence-electron chi connectivity index (χ2n) is 7.94. The Kier molecular flexibility index (Phi) is 4.06. The Balaban J connectivity index is 1.38. The minimum atomic E-state index is -3.52. The SMILES string of the molecule is CCc1ccc(S(=O)(=O)N2[C@@H]3CC[C@H]2[C@@H]2CN(C(=O)c4cn[nH]n4)C[C@@H]23)cc1. The number of H-pyrrole nitrogens is 1. The van der Waals surface area contributed by atoms with Gasteiger partial charge in [-0.25, -0.2) is 8.42 Å². The molecule has 4 atom stereocenters. The fourth-order valence-electron chi connectivity index (χ4n) is 5.32. The first-order valence-corrected chi connectivity index (χ1v) is 11.2. The van der Waals surface area contributed by atoms with E-state index in [-0.39, 0.29) is 29.8 Å². The van der Waals surface area contributed by atoms with Gasteiger partial charge in [-0.05, 0) is 48.8 Å². The number of amides is 1. The van der Waals surface area contributed by atoms with Crippen molar-refractivity contribution in [3.63, 3.8) is 0 Å². The van der Waals surface area contributed by atoms with Crippen LogP contribution in [0.3, 0.4) is 0 Å². The van der Waals surface area contributed by atoms with Crippen LogP contribution in [0.25, 0.3) is 0 Å². The first-order valence-electron chi connectivity index (χ1n) is 9.78. The predicted molar refractivity (Wildman–Crippen MR) is 101 cm³/mol. The van der Waals surface area contributed by atoms with Gasteiger partial charge in [-0.2, -0.15) is 19.7 Å². The number of nitrogens with one attached hydrogen (secondary N) is 1. The number of benzene rings is 1. The Hall–Kier alpha value is -2.26. The van der Waals surface area contributed by atoms with E-state index in [1.807, 2.05) is 12.1 Å². The standard InChI is InChI=1S/C19H23N5O3S/c1-2-12-3-5-13(6-4-12)28(26,27)24-17-7-8-18(24)15-11-23(10-14(15)17)19(25)16-9-20-22-21-16/h3-6,9,14-15,17-18H,2,7-8,10-11H2,1H3,(H,20,21,22)/t14-,15+,17+,18-. The highest BCUT2D eigenvalue weighted by Crippen LogP contribution is 2.51. The minimum Gasteiger partial charge on any atom is -0.336 e. The number of aryl methyl sites for hydroxylation is 1. The Morgan fingerprint density at radius 3 is 2.32 bits per heavy atom. The summed E-state index contributed by atoms with van der Waals surface area (Å²) >= 11 is 0. The molecule has 1 aromatic carbocycles. The van der Waals surface area contributed by atoms with E-state index in [2.05, 4.69) is 22.3 Å². The number of hydrogen-bond acceptors (Lipinski definition) is 5. The molecule has 3 aliphatic heterocycles. The topological polar surface area (TPSA) is 99.3 Å². The van der Waals surface area contributed by atoms with Gasteiger partial charge < -0.3 is 4.90 Å². The molecule has 148 valence electrons. The zero-order chi connectivity index (χ0) is 19.5. The maximum atomic E-state index is 13.4. The lowest BCUT2D eigenvalue weighted by Gasteiger charge is -2.26. The second kappa shape index (κ2) is 6.38. The van der Waals surface area contributed by atoms with Crippen molar-refractivity contribution >= 4 is 15.9 Å². The number of likely N-dealkylation sites (tertiary alicyclic amines) is 1. The molecule has 0 aliphatic carbocycles. The maximum absolute atomic E-state index is 13.4. The number of fused-ring (bicyclic) bond motifs is 5. The lowest BCUT2D eigenvalue weighted by atomic mass is 9.82. The molecule has 1 aromatic heterocycles. The van der Waals surface area contributed by atoms with Gasteiger partial charge in [-0.1, -0.05) is 19.1 Å². The van der Waals surface area contributed by atoms with E-state index < -0.39 is 10.0 Å². The first kappa shape index (κ1) is 17.8. The van der Waals surface area contributed by atoms with Gasteiger partial charge in [0.25, 0.3) is 5.91 Å². The molecule has 0 unspecified atom stereocenters. The van der Waals surface area contributed by atoms with Gasteiger partial charge in [-0.15, -0.1) is 0 Å². The Morgan fingerprint density at radius 1 is 1.14 bits per heavy atom. The number of aromatic nitrogens is 3. The molecule has 1 N–H and O–H groups in total. The average molecular weight is 401 g/mol. The van der Waals surface area contributed by atoms with Crippen LogP contribution in [-0.2, 0) is 16.4 Å². The smallest absolute Gasteiger partial charge is 0.276 e. The van der Waals surface area contributed by atoms with E-state index in [0.717, 1.165) is 24.8 Å². The Bertz CT molecular complexity index is 969. The van der Waals surface area contributed by atoms with Gasteiger partial charge in [0.05, 0.1) is 11.1 Å². The molecule has 8 nitrogen and oxygen atoms in total. The molecule has 9 heteroatoms. The molecule has 5 rings (SSSR count). The minimum absolute atomic E-state index is 0.0269. The zero-order valence-corrected chi connectivity index (χ0v) is 16.5. The lowest BCUT2D eigenvalue weighted by molar-refractivity contribution is 0.0767. The summed E-state index contributed by atoms with van der Waals surface area (Å²) in [7, 11) is -3.52. The quantitative estimate of drug-likeness (QED) is 0.832. The number of carbonyl (C=O) groups is 1. The number of carbonyl (C=O) groups excluding carboxylic acids is 1. The third-order valence-electron chi connectivity index (χ3n) is 6.64. The highest BCUT2D eigenvalue weighted by Gasteiger charge is 2.60. The van der Waals surface area contributed by atoms with Gasteiger partial charge in [-0.3, -0.25) is 4.79 Å². The van der Waals surface area contributed by atoms with Gasteiger partial charge in [0.1, 0.15) is 0 Å². The predicted octanol–water partition coefficient (Wildman–Crippen LogP) is 1.29. The monoisotopic (exact) mass is 401 g/mol. The summed E-state index contributed by atoms with van der Waals surface area (Å²) in [6.07, 6.45) is 4.05. The molecule has 0 radical (unpaired) electrons. The largest absolute Gasteiger partial charge is 0.336 e. The third kappa shape index (κ3) is 2.52. The lowest BCUT2D eigenvalue weighted by Crippen LogP contribution is -2.41. The van der Waals surface area contributed by atoms with E-state index in [1.54, 1.807) is 21.3 Å². The number of hydrogen-bond donors (Lipinski definition) is 1. The summed E-state index contributed by atoms with van der Waals surface area (Å²) in [5.41, 5.74) is 1.44. The van der Waals surface area contributed by atoms with E-state index in [4.69, 9.17) is 0 Å². The molecule has 3 fully saturated rings. The fraction of sp³-hybridized carbons (Fsp3) is 0.526. The molecule has 2 aromatic rings. The molecular formula is C19H23N5O3S. The van der Waals surface area contributed by atoms with E-state index >= 15 is 0 Å². The molecular weight excluding hydrogens is 378 g/mol. The van der Waals surface area contributed by atoms with Gasteiger partial charge in [0.15, 0.2) is 5.69 Å². The molecule has 2 bridgehead atoms. The van der Waals surface area contributed by atoms with Crippen LogP contribution in [-0.4, -0.2) is 64.1 Å². The fourth-order valence-corrected chi connectivity index (χ4v) is 7.28. The molecule has 3 saturated heterocycles. The summed E-state index contributed by atoms with van der Waals surface area (Å²) in [5.74, 6) is 0.255. The van der Waals surface area contributed by atoms with Crippen LogP contribution in [0.1, 0.15) is 35.8 Å². The number of rotatable bonds is 4. The maximum Gasteiger partial charge on any atom is 0.276 e. The van der Waals surface area contributed by atoms with Crippen LogP contribution in [0, 0.1) is 11.8 Å². The highest BCUT2D eigenvalue weighted by atomic mass is 32.2. The molecule has 1 amide bonds. The van der Waals surface area contributed by atoms with Crippen LogP contribution in [0.2, 0.25) is 0 Å². The zero-order valence-electron chi connectivity index (χ0n) is 15.7. The van der Waals surface area contributed by atoms with E-state index in [0.29, 0.717) is 23.7 Å². The van der Waals surface area contributed by atoms with Gasteiger partial charge in [0.2, 0.25) is 10.0 Å². The summed E-state index contributed by atoms with van der Waals surface area (Å²) in [6, 6.07) is 7.18. The highest BCUT2D eigenvalue weighted by molar-refractivity contribution is 7.89. The van der Waals surface area contributed by atoms with Gasteiger partial charge >= 0.3 is 0 Å². The summed E-state index contributed by atoms with van der Waals surface area (Å²) in [4.78, 5) is 14.8. The Labute approximate surface area is 164 Å². The van der Waals surface area contributed by atoms with Crippen molar-refractivity contribution in [1.82, 2.24) is 24.6 Å². The van der Waals surface area contributed by atoms with E-state index in [9.17, 15) is 13.2 Å². The van der Waals surface area contributed by atoms with Crippen LogP contribution >= 0.6 is 0 Å². The van der Waals surface area contributed by atoms with Crippen LogP contribution in [0.15, 0.2) is 35.4 Å². The normalized spacial score (nSPS) is 29.4.